The van der Waals surface area contributed by atoms with Crippen molar-refractivity contribution in [3.8, 4) is 6.07 Å². The molecule has 0 N–H and O–H groups in total. The van der Waals surface area contributed by atoms with Gasteiger partial charge in [-0.1, -0.05) is 0 Å². The fourth-order valence-electron chi connectivity index (χ4n) is 1.83. The lowest BCUT2D eigenvalue weighted by atomic mass is 10.3. The van der Waals surface area contributed by atoms with Crippen LogP contribution in [0.3, 0.4) is 0 Å². The van der Waals surface area contributed by atoms with E-state index in [1.807, 2.05) is 34.5 Å². The number of halogens is 1. The molecule has 88 valence electrons. The zero-order valence-electron chi connectivity index (χ0n) is 9.81. The van der Waals surface area contributed by atoms with Gasteiger partial charge in [-0.3, -0.25) is 4.68 Å². The Balaban J connectivity index is 2.40. The molecule has 0 aromatic carbocycles. The van der Waals surface area contributed by atoms with E-state index in [0.29, 0.717) is 12.2 Å². The zero-order valence-corrected chi connectivity index (χ0v) is 11.4. The van der Waals surface area contributed by atoms with Gasteiger partial charge in [-0.25, -0.2) is 0 Å². The number of nitriles is 1. The van der Waals surface area contributed by atoms with Gasteiger partial charge in [-0.05, 0) is 41.9 Å². The normalized spacial score (nSPS) is 10.5. The number of aromatic nitrogens is 3. The predicted octanol–water partition coefficient (Wildman–Crippen LogP) is 2.70. The second-order valence-electron chi connectivity index (χ2n) is 3.79. The lowest BCUT2D eigenvalue weighted by Crippen LogP contribution is -2.08. The number of nitrogens with zero attached hydrogens (tertiary/aromatic N) is 4. The van der Waals surface area contributed by atoms with Crippen LogP contribution in [0, 0.1) is 18.3 Å². The van der Waals surface area contributed by atoms with Crippen molar-refractivity contribution in [2.45, 2.75) is 26.9 Å². The molecule has 0 bridgehead atoms. The molecule has 2 rings (SSSR count). The highest BCUT2D eigenvalue weighted by molar-refractivity contribution is 9.10. The summed E-state index contributed by atoms with van der Waals surface area (Å²) in [6.45, 7) is 5.51. The zero-order chi connectivity index (χ0) is 12.4. The van der Waals surface area contributed by atoms with Crippen LogP contribution in [0.15, 0.2) is 22.8 Å². The van der Waals surface area contributed by atoms with E-state index in [1.165, 1.54) is 0 Å². The van der Waals surface area contributed by atoms with Gasteiger partial charge in [0.05, 0.1) is 22.4 Å². The van der Waals surface area contributed by atoms with E-state index in [-0.39, 0.29) is 0 Å². The third-order valence-electron chi connectivity index (χ3n) is 2.72. The maximum absolute atomic E-state index is 8.98. The van der Waals surface area contributed by atoms with E-state index < -0.39 is 0 Å². The summed E-state index contributed by atoms with van der Waals surface area (Å²) in [5.74, 6) is 0. The molecule has 0 spiro atoms. The van der Waals surface area contributed by atoms with Gasteiger partial charge in [0.1, 0.15) is 11.8 Å². The molecule has 0 aliphatic carbocycles. The molecule has 0 aliphatic rings. The SMILES string of the molecule is CCn1nc(C)c(Br)c1Cn1cccc1C#N. The van der Waals surface area contributed by atoms with Gasteiger partial charge < -0.3 is 4.57 Å². The third kappa shape index (κ3) is 2.13. The molecule has 0 atom stereocenters. The van der Waals surface area contributed by atoms with E-state index in [1.54, 1.807) is 0 Å². The Morgan fingerprint density at radius 3 is 2.94 bits per heavy atom. The fourth-order valence-corrected chi connectivity index (χ4v) is 2.24. The molecule has 5 heteroatoms. The molecule has 0 saturated carbocycles. The molecule has 0 unspecified atom stereocenters. The van der Waals surface area contributed by atoms with Crippen LogP contribution < -0.4 is 0 Å². The van der Waals surface area contributed by atoms with Crippen molar-refractivity contribution in [3.05, 3.63) is 39.9 Å². The van der Waals surface area contributed by atoms with E-state index in [4.69, 9.17) is 5.26 Å². The van der Waals surface area contributed by atoms with Crippen LogP contribution in [0.2, 0.25) is 0 Å². The molecule has 17 heavy (non-hydrogen) atoms. The van der Waals surface area contributed by atoms with Crippen molar-refractivity contribution in [2.75, 3.05) is 0 Å². The summed E-state index contributed by atoms with van der Waals surface area (Å²) in [5.41, 5.74) is 2.74. The smallest absolute Gasteiger partial charge is 0.120 e. The molecule has 0 radical (unpaired) electrons. The second kappa shape index (κ2) is 4.76. The first kappa shape index (κ1) is 11.9. The summed E-state index contributed by atoms with van der Waals surface area (Å²) in [6, 6.07) is 5.87. The molecule has 2 aromatic heterocycles. The van der Waals surface area contributed by atoms with Crippen molar-refractivity contribution in [1.29, 1.82) is 5.26 Å². The Morgan fingerprint density at radius 1 is 1.53 bits per heavy atom. The molecule has 2 heterocycles. The first-order chi connectivity index (χ1) is 8.17. The van der Waals surface area contributed by atoms with Gasteiger partial charge in [-0.15, -0.1) is 0 Å². The molecule has 2 aromatic rings. The maximum atomic E-state index is 8.98. The van der Waals surface area contributed by atoms with Crippen molar-refractivity contribution >= 4 is 15.9 Å². The maximum Gasteiger partial charge on any atom is 0.120 e. The quantitative estimate of drug-likeness (QED) is 0.873. The summed E-state index contributed by atoms with van der Waals surface area (Å²) < 4.78 is 4.91. The van der Waals surface area contributed by atoms with E-state index >= 15 is 0 Å². The van der Waals surface area contributed by atoms with Crippen molar-refractivity contribution < 1.29 is 0 Å². The number of hydrogen-bond donors (Lipinski definition) is 0. The second-order valence-corrected chi connectivity index (χ2v) is 4.59. The minimum absolute atomic E-state index is 0.658. The van der Waals surface area contributed by atoms with Crippen molar-refractivity contribution in [1.82, 2.24) is 14.3 Å². The average molecular weight is 293 g/mol. The molecule has 0 saturated heterocycles. The van der Waals surface area contributed by atoms with Gasteiger partial charge in [0.2, 0.25) is 0 Å². The molecular formula is C12H13BrN4. The summed E-state index contributed by atoms with van der Waals surface area (Å²) >= 11 is 3.55. The highest BCUT2D eigenvalue weighted by Crippen LogP contribution is 2.22. The Bertz CT molecular complexity index is 574. The summed E-state index contributed by atoms with van der Waals surface area (Å²) in [4.78, 5) is 0. The Labute approximate surface area is 109 Å². The van der Waals surface area contributed by atoms with Gasteiger partial charge >= 0.3 is 0 Å². The predicted molar refractivity (Wildman–Crippen MR) is 68.6 cm³/mol. The molecule has 0 aliphatic heterocycles. The fraction of sp³-hybridized carbons (Fsp3) is 0.333. The molecule has 0 amide bonds. The Kier molecular flexibility index (Phi) is 3.34. The first-order valence-corrected chi connectivity index (χ1v) is 6.23. The minimum atomic E-state index is 0.658. The molecular weight excluding hydrogens is 280 g/mol. The van der Waals surface area contributed by atoms with Gasteiger partial charge in [-0.2, -0.15) is 10.4 Å². The van der Waals surface area contributed by atoms with Gasteiger partial charge in [0, 0.05) is 12.7 Å². The minimum Gasteiger partial charge on any atom is -0.333 e. The topological polar surface area (TPSA) is 46.5 Å². The van der Waals surface area contributed by atoms with E-state index in [0.717, 1.165) is 22.4 Å². The van der Waals surface area contributed by atoms with Gasteiger partial charge in [0.25, 0.3) is 0 Å². The number of hydrogen-bond acceptors (Lipinski definition) is 2. The van der Waals surface area contributed by atoms with Crippen LogP contribution in [-0.4, -0.2) is 14.3 Å². The standard InChI is InChI=1S/C12H13BrN4/c1-3-17-11(12(13)9(2)15-17)8-16-6-4-5-10(16)7-14/h4-6H,3,8H2,1-2H3. The first-order valence-electron chi connectivity index (χ1n) is 5.44. The summed E-state index contributed by atoms with van der Waals surface area (Å²) in [5, 5.41) is 13.4. The van der Waals surface area contributed by atoms with Crippen molar-refractivity contribution in [3.63, 3.8) is 0 Å². The van der Waals surface area contributed by atoms with Crippen LogP contribution in [-0.2, 0) is 13.1 Å². The summed E-state index contributed by atoms with van der Waals surface area (Å²) in [6.07, 6.45) is 1.91. The highest BCUT2D eigenvalue weighted by Gasteiger charge is 2.13. The molecule has 0 fully saturated rings. The summed E-state index contributed by atoms with van der Waals surface area (Å²) in [7, 11) is 0. The van der Waals surface area contributed by atoms with E-state index in [9.17, 15) is 0 Å². The van der Waals surface area contributed by atoms with E-state index in [2.05, 4.69) is 34.0 Å². The number of rotatable bonds is 3. The Morgan fingerprint density at radius 2 is 2.29 bits per heavy atom. The van der Waals surface area contributed by atoms with Crippen LogP contribution in [0.25, 0.3) is 0 Å². The van der Waals surface area contributed by atoms with Crippen LogP contribution in [0.4, 0.5) is 0 Å². The van der Waals surface area contributed by atoms with Gasteiger partial charge in [0.15, 0.2) is 0 Å². The molecule has 4 nitrogen and oxygen atoms in total. The lowest BCUT2D eigenvalue weighted by molar-refractivity contribution is 0.595. The third-order valence-corrected chi connectivity index (χ3v) is 3.75. The van der Waals surface area contributed by atoms with Crippen LogP contribution in [0.5, 0.6) is 0 Å². The average Bonchev–Trinajstić information content (AvgIpc) is 2.88. The Hall–Kier alpha value is -1.54. The van der Waals surface area contributed by atoms with Crippen LogP contribution >= 0.6 is 15.9 Å². The van der Waals surface area contributed by atoms with Crippen LogP contribution in [0.1, 0.15) is 24.0 Å². The highest BCUT2D eigenvalue weighted by atomic mass is 79.9. The largest absolute Gasteiger partial charge is 0.333 e. The monoisotopic (exact) mass is 292 g/mol. The number of aryl methyl sites for hydroxylation is 2. The van der Waals surface area contributed by atoms with Crippen molar-refractivity contribution in [2.24, 2.45) is 0 Å². The lowest BCUT2D eigenvalue weighted by Gasteiger charge is -2.07.